The fourth-order valence-corrected chi connectivity index (χ4v) is 2.08. The molecule has 0 amide bonds. The summed E-state index contributed by atoms with van der Waals surface area (Å²) < 4.78 is 6.17. The van der Waals surface area contributed by atoms with Crippen LogP contribution in [0.3, 0.4) is 0 Å². The molecule has 16 heavy (non-hydrogen) atoms. The van der Waals surface area contributed by atoms with E-state index in [-0.39, 0.29) is 11.7 Å². The number of thioether (sulfide) groups is 1. The van der Waals surface area contributed by atoms with E-state index in [0.717, 1.165) is 10.7 Å². The summed E-state index contributed by atoms with van der Waals surface area (Å²) in [6.45, 7) is 1.87. The van der Waals surface area contributed by atoms with Gasteiger partial charge in [0.25, 0.3) is 5.78 Å². The van der Waals surface area contributed by atoms with E-state index in [9.17, 15) is 4.79 Å². The second-order valence-corrected chi connectivity index (χ2v) is 4.07. The van der Waals surface area contributed by atoms with Crippen LogP contribution in [-0.4, -0.2) is 38.4 Å². The van der Waals surface area contributed by atoms with Gasteiger partial charge in [-0.1, -0.05) is 11.8 Å². The van der Waals surface area contributed by atoms with E-state index < -0.39 is 0 Å². The van der Waals surface area contributed by atoms with Crippen molar-refractivity contribution in [1.29, 1.82) is 0 Å². The van der Waals surface area contributed by atoms with Crippen molar-refractivity contribution < 1.29 is 9.53 Å². The van der Waals surface area contributed by atoms with Crippen LogP contribution in [0.15, 0.2) is 17.4 Å². The lowest BCUT2D eigenvalue weighted by Gasteiger charge is -2.03. The van der Waals surface area contributed by atoms with E-state index in [4.69, 9.17) is 0 Å². The average Bonchev–Trinajstić information content (AvgIpc) is 2.73. The normalized spacial score (nSPS) is 10.6. The van der Waals surface area contributed by atoms with Crippen molar-refractivity contribution in [3.63, 3.8) is 0 Å². The molecule has 0 aliphatic carbocycles. The third-order valence-electron chi connectivity index (χ3n) is 1.91. The fraction of sp³-hybridized carbons (Fsp3) is 0.333. The largest absolute Gasteiger partial charge is 0.468 e. The molecule has 2 heterocycles. The number of rotatable bonds is 3. The Kier molecular flexibility index (Phi) is 3.04. The van der Waals surface area contributed by atoms with E-state index >= 15 is 0 Å². The molecule has 7 heteroatoms. The molecule has 0 saturated heterocycles. The number of carbonyl (C=O) groups is 1. The average molecular weight is 238 g/mol. The first-order valence-corrected chi connectivity index (χ1v) is 5.56. The number of carbonyl (C=O) groups excluding carboxylic acids is 1. The zero-order valence-electron chi connectivity index (χ0n) is 8.88. The Bertz CT molecular complexity index is 525. The lowest BCUT2D eigenvalue weighted by Crippen LogP contribution is -2.05. The number of fused-ring (bicyclic) bond motifs is 1. The van der Waals surface area contributed by atoms with Gasteiger partial charge in [-0.3, -0.25) is 4.79 Å². The van der Waals surface area contributed by atoms with Crippen molar-refractivity contribution in [2.75, 3.05) is 12.9 Å². The molecule has 6 nitrogen and oxygen atoms in total. The summed E-state index contributed by atoms with van der Waals surface area (Å²) in [5.41, 5.74) is 0.841. The summed E-state index contributed by atoms with van der Waals surface area (Å²) in [6.07, 6.45) is 1.43. The van der Waals surface area contributed by atoms with Crippen LogP contribution < -0.4 is 0 Å². The summed E-state index contributed by atoms with van der Waals surface area (Å²) in [5, 5.41) is 4.86. The molecule has 0 aliphatic heterocycles. The van der Waals surface area contributed by atoms with Crippen LogP contribution in [0.25, 0.3) is 5.78 Å². The maximum absolute atomic E-state index is 11.0. The van der Waals surface area contributed by atoms with Crippen molar-refractivity contribution in [2.45, 2.75) is 11.9 Å². The molecule has 84 valence electrons. The minimum atomic E-state index is -0.271. The van der Waals surface area contributed by atoms with Gasteiger partial charge in [0.05, 0.1) is 12.9 Å². The monoisotopic (exact) mass is 238 g/mol. The minimum Gasteiger partial charge on any atom is -0.468 e. The Morgan fingerprint density at radius 2 is 2.44 bits per heavy atom. The van der Waals surface area contributed by atoms with Crippen LogP contribution in [0.4, 0.5) is 0 Å². The SMILES string of the molecule is COC(=O)CSc1cc(C)nc2ncnn12. The zero-order chi connectivity index (χ0) is 11.5. The van der Waals surface area contributed by atoms with Crippen molar-refractivity contribution in [3.05, 3.63) is 18.1 Å². The smallest absolute Gasteiger partial charge is 0.316 e. The first-order chi connectivity index (χ1) is 7.70. The summed E-state index contributed by atoms with van der Waals surface area (Å²) in [5.74, 6) is 0.509. The number of methoxy groups -OCH3 is 1. The summed E-state index contributed by atoms with van der Waals surface area (Å²) in [6, 6.07) is 1.86. The number of hydrogen-bond acceptors (Lipinski definition) is 6. The van der Waals surface area contributed by atoms with Crippen LogP contribution >= 0.6 is 11.8 Å². The highest BCUT2D eigenvalue weighted by Crippen LogP contribution is 2.18. The Balaban J connectivity index is 2.28. The van der Waals surface area contributed by atoms with Gasteiger partial charge < -0.3 is 4.74 Å². The number of nitrogens with zero attached hydrogens (tertiary/aromatic N) is 4. The van der Waals surface area contributed by atoms with Gasteiger partial charge in [-0.25, -0.2) is 4.98 Å². The zero-order valence-corrected chi connectivity index (χ0v) is 9.69. The lowest BCUT2D eigenvalue weighted by molar-refractivity contribution is -0.137. The topological polar surface area (TPSA) is 69.4 Å². The molecule has 0 saturated carbocycles. The molecule has 0 bridgehead atoms. The van der Waals surface area contributed by atoms with Crippen LogP contribution in [0.5, 0.6) is 0 Å². The molecule has 0 aromatic carbocycles. The molecule has 0 radical (unpaired) electrons. The number of aromatic nitrogens is 4. The Morgan fingerprint density at radius 3 is 3.19 bits per heavy atom. The molecule has 2 aromatic rings. The summed E-state index contributed by atoms with van der Waals surface area (Å²) >= 11 is 1.35. The Morgan fingerprint density at radius 1 is 1.62 bits per heavy atom. The second kappa shape index (κ2) is 4.48. The van der Waals surface area contributed by atoms with Gasteiger partial charge in [-0.15, -0.1) is 0 Å². The highest BCUT2D eigenvalue weighted by molar-refractivity contribution is 7.99. The van der Waals surface area contributed by atoms with Crippen LogP contribution in [0, 0.1) is 6.92 Å². The van der Waals surface area contributed by atoms with E-state index in [1.165, 1.54) is 25.2 Å². The molecule has 2 rings (SSSR count). The predicted molar refractivity (Wildman–Crippen MR) is 58.3 cm³/mol. The van der Waals surface area contributed by atoms with Crippen molar-refractivity contribution in [1.82, 2.24) is 19.6 Å². The fourth-order valence-electron chi connectivity index (χ4n) is 1.19. The minimum absolute atomic E-state index is 0.245. The number of hydrogen-bond donors (Lipinski definition) is 0. The highest BCUT2D eigenvalue weighted by atomic mass is 32.2. The van der Waals surface area contributed by atoms with Gasteiger partial charge >= 0.3 is 5.97 Å². The van der Waals surface area contributed by atoms with Gasteiger partial charge in [0.1, 0.15) is 11.4 Å². The van der Waals surface area contributed by atoms with Gasteiger partial charge in [0.15, 0.2) is 0 Å². The summed E-state index contributed by atoms with van der Waals surface area (Å²) in [7, 11) is 1.37. The second-order valence-electron chi connectivity index (χ2n) is 3.07. The number of aryl methyl sites for hydroxylation is 1. The predicted octanol–water partition coefficient (Wildman–Crippen LogP) is 0.698. The van der Waals surface area contributed by atoms with E-state index in [1.54, 1.807) is 4.52 Å². The van der Waals surface area contributed by atoms with Gasteiger partial charge in [-0.05, 0) is 13.0 Å². The summed E-state index contributed by atoms with van der Waals surface area (Å²) in [4.78, 5) is 19.2. The highest BCUT2D eigenvalue weighted by Gasteiger charge is 2.08. The third-order valence-corrected chi connectivity index (χ3v) is 2.88. The van der Waals surface area contributed by atoms with Crippen molar-refractivity contribution >= 4 is 23.5 Å². The third kappa shape index (κ3) is 2.13. The molecule has 0 aliphatic rings. The standard InChI is InChI=1S/C9H10N4O2S/c1-6-3-7(16-4-8(14)15-2)13-9(12-6)10-5-11-13/h3,5H,4H2,1-2H3. The van der Waals surface area contributed by atoms with Crippen molar-refractivity contribution in [2.24, 2.45) is 0 Å². The molecular weight excluding hydrogens is 228 g/mol. The molecule has 0 N–H and O–H groups in total. The van der Waals surface area contributed by atoms with Gasteiger partial charge in [0.2, 0.25) is 0 Å². The molecule has 2 aromatic heterocycles. The molecule has 0 spiro atoms. The Hall–Kier alpha value is -1.63. The lowest BCUT2D eigenvalue weighted by atomic mass is 10.5. The van der Waals surface area contributed by atoms with E-state index in [2.05, 4.69) is 19.8 Å². The maximum Gasteiger partial charge on any atom is 0.316 e. The maximum atomic E-state index is 11.0. The number of ether oxygens (including phenoxy) is 1. The Labute approximate surface area is 96.0 Å². The van der Waals surface area contributed by atoms with E-state index in [1.807, 2.05) is 13.0 Å². The molecule has 0 atom stereocenters. The first kappa shape index (κ1) is 10.9. The van der Waals surface area contributed by atoms with Gasteiger partial charge in [-0.2, -0.15) is 14.6 Å². The van der Waals surface area contributed by atoms with Gasteiger partial charge in [0, 0.05) is 5.69 Å². The van der Waals surface area contributed by atoms with E-state index in [0.29, 0.717) is 5.78 Å². The van der Waals surface area contributed by atoms with Crippen LogP contribution in [0.1, 0.15) is 5.69 Å². The molecule has 0 fully saturated rings. The quantitative estimate of drug-likeness (QED) is 0.445. The number of esters is 1. The van der Waals surface area contributed by atoms with Crippen LogP contribution in [-0.2, 0) is 9.53 Å². The van der Waals surface area contributed by atoms with Crippen LogP contribution in [0.2, 0.25) is 0 Å². The van der Waals surface area contributed by atoms with Crippen molar-refractivity contribution in [3.8, 4) is 0 Å². The molecular formula is C9H10N4O2S. The molecule has 0 unspecified atom stereocenters. The first-order valence-electron chi connectivity index (χ1n) is 4.57.